The van der Waals surface area contributed by atoms with Crippen LogP contribution in [0, 0.1) is 0 Å². The van der Waals surface area contributed by atoms with E-state index in [0.717, 1.165) is 17.2 Å². The Labute approximate surface area is 204 Å². The van der Waals surface area contributed by atoms with Crippen molar-refractivity contribution in [3.63, 3.8) is 0 Å². The third kappa shape index (κ3) is 5.44. The van der Waals surface area contributed by atoms with Crippen LogP contribution in [0.5, 0.6) is 0 Å². The average Bonchev–Trinajstić information content (AvgIpc) is 3.15. The summed E-state index contributed by atoms with van der Waals surface area (Å²) < 4.78 is 26.8. The molecule has 0 bridgehead atoms. The molecule has 0 spiro atoms. The van der Waals surface area contributed by atoms with Gasteiger partial charge in [-0.05, 0) is 66.5 Å². The lowest BCUT2D eigenvalue weighted by Crippen LogP contribution is -2.22. The number of hydrogen-bond donors (Lipinski definition) is 1. The smallest absolute Gasteiger partial charge is 0.324 e. The average molecular weight is 522 g/mol. The van der Waals surface area contributed by atoms with Crippen molar-refractivity contribution in [2.45, 2.75) is 9.79 Å². The first-order valence-corrected chi connectivity index (χ1v) is 12.9. The highest BCUT2D eigenvalue weighted by Gasteiger charge is 2.16. The van der Waals surface area contributed by atoms with Crippen LogP contribution in [0.3, 0.4) is 0 Å². The minimum absolute atomic E-state index is 0.146. The second kappa shape index (κ2) is 9.26. The molecule has 2 heterocycles. The van der Waals surface area contributed by atoms with Crippen molar-refractivity contribution in [1.82, 2.24) is 9.55 Å². The van der Waals surface area contributed by atoms with E-state index >= 15 is 0 Å². The van der Waals surface area contributed by atoms with Crippen molar-refractivity contribution in [2.24, 2.45) is 0 Å². The maximum absolute atomic E-state index is 11.7. The monoisotopic (exact) mass is 521 g/mol. The first kappa shape index (κ1) is 23.4. The molecule has 2 aromatic heterocycles. The second-order valence-corrected chi connectivity index (χ2v) is 11.2. The summed E-state index contributed by atoms with van der Waals surface area (Å²) in [5.41, 5.74) is 1.52. The summed E-state index contributed by atoms with van der Waals surface area (Å²) in [6.07, 6.45) is 4.28. The first-order chi connectivity index (χ1) is 15.6. The van der Waals surface area contributed by atoms with Gasteiger partial charge in [-0.15, -0.1) is 0 Å². The standard InChI is InChI=1S/C22H17Cl2N3O4S2/c1-33(30,31)19-3-5-21(25-12-19)26-7-6-14-8-17(2-4-20(14)26)27(13-22(28)29)32-18-10-15(23)9-16(24)11-18/h2-12H,13H2,1H3,(H,28,29). The third-order valence-electron chi connectivity index (χ3n) is 4.69. The van der Waals surface area contributed by atoms with E-state index in [9.17, 15) is 18.3 Å². The number of aromatic nitrogens is 2. The molecule has 2 aromatic carbocycles. The molecule has 0 aliphatic heterocycles. The van der Waals surface area contributed by atoms with E-state index in [-0.39, 0.29) is 11.4 Å². The Hall–Kier alpha value is -2.72. The normalized spacial score (nSPS) is 11.6. The van der Waals surface area contributed by atoms with Crippen molar-refractivity contribution in [3.8, 4) is 5.82 Å². The first-order valence-electron chi connectivity index (χ1n) is 9.51. The van der Waals surface area contributed by atoms with Crippen molar-refractivity contribution in [3.05, 3.63) is 77.0 Å². The van der Waals surface area contributed by atoms with Crippen LogP contribution in [0.4, 0.5) is 5.69 Å². The number of fused-ring (bicyclic) bond motifs is 1. The van der Waals surface area contributed by atoms with E-state index in [4.69, 9.17) is 23.2 Å². The molecule has 0 saturated heterocycles. The van der Waals surface area contributed by atoms with Gasteiger partial charge in [-0.25, -0.2) is 13.4 Å². The molecule has 0 unspecified atom stereocenters. The highest BCUT2D eigenvalue weighted by Crippen LogP contribution is 2.34. The fourth-order valence-electron chi connectivity index (χ4n) is 3.23. The Balaban J connectivity index is 1.68. The highest BCUT2D eigenvalue weighted by atomic mass is 35.5. The van der Waals surface area contributed by atoms with Crippen LogP contribution >= 0.6 is 35.1 Å². The number of nitrogens with zero attached hydrogens (tertiary/aromatic N) is 3. The van der Waals surface area contributed by atoms with Gasteiger partial charge in [-0.3, -0.25) is 4.79 Å². The lowest BCUT2D eigenvalue weighted by Gasteiger charge is -2.22. The molecule has 1 N–H and O–H groups in total. The number of anilines is 1. The molecule has 0 radical (unpaired) electrons. The molecule has 0 amide bonds. The predicted octanol–water partition coefficient (Wildman–Crippen LogP) is 5.33. The summed E-state index contributed by atoms with van der Waals surface area (Å²) in [7, 11) is -3.33. The number of halogens is 2. The van der Waals surface area contributed by atoms with Gasteiger partial charge in [-0.1, -0.05) is 23.2 Å². The van der Waals surface area contributed by atoms with Crippen LogP contribution < -0.4 is 4.31 Å². The van der Waals surface area contributed by atoms with E-state index in [2.05, 4.69) is 4.98 Å². The van der Waals surface area contributed by atoms with Gasteiger partial charge in [0.05, 0.1) is 10.4 Å². The Kier molecular flexibility index (Phi) is 6.58. The Bertz CT molecular complexity index is 1430. The van der Waals surface area contributed by atoms with Crippen LogP contribution in [-0.4, -0.2) is 41.8 Å². The van der Waals surface area contributed by atoms with Crippen LogP contribution in [0.2, 0.25) is 10.0 Å². The van der Waals surface area contributed by atoms with Crippen molar-refractivity contribution >= 4 is 67.5 Å². The van der Waals surface area contributed by atoms with Crippen LogP contribution in [0.25, 0.3) is 16.7 Å². The van der Waals surface area contributed by atoms with E-state index in [1.165, 1.54) is 24.2 Å². The minimum atomic E-state index is -3.33. The quantitative estimate of drug-likeness (QED) is 0.328. The van der Waals surface area contributed by atoms with Gasteiger partial charge in [0, 0.05) is 44.7 Å². The number of carboxylic acids is 1. The third-order valence-corrected chi connectivity index (χ3v) is 7.23. The molecule has 4 aromatic rings. The minimum Gasteiger partial charge on any atom is -0.480 e. The van der Waals surface area contributed by atoms with Gasteiger partial charge in [0.1, 0.15) is 12.4 Å². The van der Waals surface area contributed by atoms with E-state index < -0.39 is 15.8 Å². The predicted molar refractivity (Wildman–Crippen MR) is 131 cm³/mol. The number of aliphatic carboxylic acids is 1. The SMILES string of the molecule is CS(=O)(=O)c1ccc(-n2ccc3cc(N(CC(=O)O)Sc4cc(Cl)cc(Cl)c4)ccc32)nc1. The Morgan fingerprint density at radius 3 is 2.42 bits per heavy atom. The molecule has 0 saturated carbocycles. The Morgan fingerprint density at radius 2 is 1.82 bits per heavy atom. The molecule has 11 heteroatoms. The molecule has 7 nitrogen and oxygen atoms in total. The van der Waals surface area contributed by atoms with Crippen LogP contribution in [0.15, 0.2) is 76.8 Å². The maximum Gasteiger partial charge on any atom is 0.324 e. The zero-order valence-electron chi connectivity index (χ0n) is 17.1. The van der Waals surface area contributed by atoms with Gasteiger partial charge in [0.15, 0.2) is 9.84 Å². The van der Waals surface area contributed by atoms with Crippen molar-refractivity contribution < 1.29 is 18.3 Å². The van der Waals surface area contributed by atoms with Gasteiger partial charge in [-0.2, -0.15) is 0 Å². The molecule has 4 rings (SSSR count). The van der Waals surface area contributed by atoms with Crippen LogP contribution in [0.1, 0.15) is 0 Å². The fraction of sp³-hybridized carbons (Fsp3) is 0.0909. The number of pyridine rings is 1. The Morgan fingerprint density at radius 1 is 1.09 bits per heavy atom. The van der Waals surface area contributed by atoms with Crippen molar-refractivity contribution in [2.75, 3.05) is 17.1 Å². The van der Waals surface area contributed by atoms with Crippen molar-refractivity contribution in [1.29, 1.82) is 0 Å². The molecular weight excluding hydrogens is 505 g/mol. The number of benzene rings is 2. The summed E-state index contributed by atoms with van der Waals surface area (Å²) in [5.74, 6) is -0.418. The van der Waals surface area contributed by atoms with E-state index in [1.54, 1.807) is 28.6 Å². The van der Waals surface area contributed by atoms with Gasteiger partial charge in [0.2, 0.25) is 0 Å². The number of carbonyl (C=O) groups is 1. The van der Waals surface area contributed by atoms with E-state index in [0.29, 0.717) is 26.4 Å². The van der Waals surface area contributed by atoms with Gasteiger partial charge >= 0.3 is 5.97 Å². The molecule has 33 heavy (non-hydrogen) atoms. The highest BCUT2D eigenvalue weighted by molar-refractivity contribution is 8.00. The summed E-state index contributed by atoms with van der Waals surface area (Å²) in [5, 5.41) is 11.2. The summed E-state index contributed by atoms with van der Waals surface area (Å²) >= 11 is 13.4. The second-order valence-electron chi connectivity index (χ2n) is 7.18. The molecule has 0 fully saturated rings. The van der Waals surface area contributed by atoms with Crippen LogP contribution in [-0.2, 0) is 14.6 Å². The molecule has 170 valence electrons. The zero-order valence-corrected chi connectivity index (χ0v) is 20.3. The largest absolute Gasteiger partial charge is 0.480 e. The summed E-state index contributed by atoms with van der Waals surface area (Å²) in [6, 6.07) is 15.6. The molecular formula is C22H17Cl2N3O4S2. The fourth-order valence-corrected chi connectivity index (χ4v) is 5.45. The van der Waals surface area contributed by atoms with Gasteiger partial charge in [0.25, 0.3) is 0 Å². The lowest BCUT2D eigenvalue weighted by atomic mass is 10.2. The number of carboxylic acid groups (broad SMARTS) is 1. The molecule has 0 atom stereocenters. The number of hydrogen-bond acceptors (Lipinski definition) is 6. The summed E-state index contributed by atoms with van der Waals surface area (Å²) in [6.45, 7) is -0.241. The zero-order chi connectivity index (χ0) is 23.8. The molecule has 0 aliphatic carbocycles. The number of sulfone groups is 1. The summed E-state index contributed by atoms with van der Waals surface area (Å²) in [4.78, 5) is 16.6. The molecule has 0 aliphatic rings. The lowest BCUT2D eigenvalue weighted by molar-refractivity contribution is -0.135. The van der Waals surface area contributed by atoms with E-state index in [1.807, 2.05) is 35.0 Å². The number of rotatable bonds is 7. The van der Waals surface area contributed by atoms with Gasteiger partial charge < -0.3 is 14.0 Å². The topological polar surface area (TPSA) is 92.5 Å². The maximum atomic E-state index is 11.7.